The van der Waals surface area contributed by atoms with E-state index >= 15 is 0 Å². The number of hydrogen-bond donors (Lipinski definition) is 0. The number of fused-ring (bicyclic) bond motifs is 1. The normalized spacial score (nSPS) is 12.9. The quantitative estimate of drug-likeness (QED) is 0.668. The highest BCUT2D eigenvalue weighted by Gasteiger charge is 2.33. The number of benzene rings is 2. The predicted molar refractivity (Wildman–Crippen MR) is 72.3 cm³/mol. The Kier molecular flexibility index (Phi) is 3.33. The van der Waals surface area contributed by atoms with Gasteiger partial charge >= 0.3 is 6.18 Å². The van der Waals surface area contributed by atoms with Crippen LogP contribution in [0.2, 0.25) is 0 Å². The first kappa shape index (κ1) is 13.9. The molecule has 0 fully saturated rings. The van der Waals surface area contributed by atoms with Crippen LogP contribution < -0.4 is 0 Å². The van der Waals surface area contributed by atoms with Crippen molar-refractivity contribution in [3.05, 3.63) is 47.5 Å². The lowest BCUT2D eigenvalue weighted by molar-refractivity contribution is -0.137. The summed E-state index contributed by atoms with van der Waals surface area (Å²) in [5, 5.41) is 1.55. The molecule has 2 aromatic rings. The van der Waals surface area contributed by atoms with Gasteiger partial charge < -0.3 is 0 Å². The summed E-state index contributed by atoms with van der Waals surface area (Å²) < 4.78 is 39.0. The van der Waals surface area contributed by atoms with E-state index in [1.165, 1.54) is 12.1 Å². The molecule has 2 aromatic carbocycles. The summed E-state index contributed by atoms with van der Waals surface area (Å²) in [6.45, 7) is 5.96. The molecule has 0 amide bonds. The fraction of sp³-hybridized carbons (Fsp3) is 0.375. The van der Waals surface area contributed by atoms with Gasteiger partial charge in [0.15, 0.2) is 0 Å². The van der Waals surface area contributed by atoms with Crippen molar-refractivity contribution in [2.45, 2.75) is 38.8 Å². The van der Waals surface area contributed by atoms with Gasteiger partial charge in [-0.15, -0.1) is 0 Å². The Bertz CT molecular complexity index is 594. The Balaban J connectivity index is 2.80. The standard InChI is InChI=1S/C16H17F3/c1-4-15(2,3)14-10-12(16(17,18)19)9-11-7-5-6-8-13(11)14/h5-10H,4H2,1-3H3. The van der Waals surface area contributed by atoms with Crippen LogP contribution in [-0.4, -0.2) is 0 Å². The maximum atomic E-state index is 13.0. The third kappa shape index (κ3) is 2.60. The Hall–Kier alpha value is -1.51. The third-order valence-electron chi connectivity index (χ3n) is 3.80. The maximum absolute atomic E-state index is 13.0. The summed E-state index contributed by atoms with van der Waals surface area (Å²) in [6, 6.07) is 9.79. The molecule has 0 bridgehead atoms. The molecule has 0 atom stereocenters. The Morgan fingerprint density at radius 3 is 2.21 bits per heavy atom. The van der Waals surface area contributed by atoms with E-state index in [2.05, 4.69) is 0 Å². The van der Waals surface area contributed by atoms with Crippen LogP contribution in [0.15, 0.2) is 36.4 Å². The molecule has 0 saturated carbocycles. The lowest BCUT2D eigenvalue weighted by Gasteiger charge is -2.26. The highest BCUT2D eigenvalue weighted by atomic mass is 19.4. The summed E-state index contributed by atoms with van der Waals surface area (Å²) in [4.78, 5) is 0. The largest absolute Gasteiger partial charge is 0.416 e. The zero-order chi connectivity index (χ0) is 14.3. The molecule has 0 heterocycles. The van der Waals surface area contributed by atoms with Crippen molar-refractivity contribution < 1.29 is 13.2 Å². The van der Waals surface area contributed by atoms with E-state index < -0.39 is 11.7 Å². The van der Waals surface area contributed by atoms with Gasteiger partial charge in [0, 0.05) is 0 Å². The first-order valence-corrected chi connectivity index (χ1v) is 6.36. The van der Waals surface area contributed by atoms with Gasteiger partial charge in [0.25, 0.3) is 0 Å². The van der Waals surface area contributed by atoms with Gasteiger partial charge in [0.05, 0.1) is 5.56 Å². The molecular weight excluding hydrogens is 249 g/mol. The minimum atomic E-state index is -4.30. The molecule has 0 aliphatic carbocycles. The van der Waals surface area contributed by atoms with Crippen LogP contribution in [0, 0.1) is 0 Å². The van der Waals surface area contributed by atoms with Gasteiger partial charge in [-0.2, -0.15) is 13.2 Å². The van der Waals surface area contributed by atoms with Crippen LogP contribution in [0.5, 0.6) is 0 Å². The second-order valence-electron chi connectivity index (χ2n) is 5.48. The van der Waals surface area contributed by atoms with Gasteiger partial charge in [-0.25, -0.2) is 0 Å². The Morgan fingerprint density at radius 1 is 1.00 bits per heavy atom. The van der Waals surface area contributed by atoms with Gasteiger partial charge in [-0.3, -0.25) is 0 Å². The van der Waals surface area contributed by atoms with Crippen molar-refractivity contribution in [3.63, 3.8) is 0 Å². The van der Waals surface area contributed by atoms with E-state index in [1.54, 1.807) is 12.1 Å². The molecule has 0 unspecified atom stereocenters. The molecule has 0 spiro atoms. The fourth-order valence-corrected chi connectivity index (χ4v) is 2.22. The van der Waals surface area contributed by atoms with Crippen LogP contribution >= 0.6 is 0 Å². The molecule has 0 nitrogen and oxygen atoms in total. The lowest BCUT2D eigenvalue weighted by Crippen LogP contribution is -2.17. The zero-order valence-corrected chi connectivity index (χ0v) is 11.3. The first-order chi connectivity index (χ1) is 8.75. The second kappa shape index (κ2) is 4.55. The molecular formula is C16H17F3. The Morgan fingerprint density at radius 2 is 1.63 bits per heavy atom. The number of rotatable bonds is 2. The summed E-state index contributed by atoms with van der Waals surface area (Å²) in [5.74, 6) is 0. The van der Waals surface area contributed by atoms with Crippen molar-refractivity contribution in [1.82, 2.24) is 0 Å². The van der Waals surface area contributed by atoms with E-state index in [-0.39, 0.29) is 5.41 Å². The minimum Gasteiger partial charge on any atom is -0.166 e. The molecule has 0 N–H and O–H groups in total. The van der Waals surface area contributed by atoms with Crippen molar-refractivity contribution in [2.75, 3.05) is 0 Å². The van der Waals surface area contributed by atoms with E-state index in [0.29, 0.717) is 5.39 Å². The van der Waals surface area contributed by atoms with Crippen molar-refractivity contribution in [3.8, 4) is 0 Å². The molecule has 19 heavy (non-hydrogen) atoms. The highest BCUT2D eigenvalue weighted by molar-refractivity contribution is 5.87. The second-order valence-corrected chi connectivity index (χ2v) is 5.48. The smallest absolute Gasteiger partial charge is 0.166 e. The van der Waals surface area contributed by atoms with Gasteiger partial charge in [-0.1, -0.05) is 45.0 Å². The van der Waals surface area contributed by atoms with Crippen LogP contribution in [0.25, 0.3) is 10.8 Å². The minimum absolute atomic E-state index is 0.277. The Labute approximate surface area is 111 Å². The van der Waals surface area contributed by atoms with Gasteiger partial charge in [-0.05, 0) is 40.3 Å². The van der Waals surface area contributed by atoms with Gasteiger partial charge in [0.2, 0.25) is 0 Å². The highest BCUT2D eigenvalue weighted by Crippen LogP contribution is 2.38. The summed E-state index contributed by atoms with van der Waals surface area (Å²) in [5.41, 5.74) is -0.0796. The number of halogens is 3. The molecule has 0 aromatic heterocycles. The molecule has 3 heteroatoms. The fourth-order valence-electron chi connectivity index (χ4n) is 2.22. The van der Waals surface area contributed by atoms with Crippen LogP contribution in [0.1, 0.15) is 38.3 Å². The van der Waals surface area contributed by atoms with E-state index in [1.807, 2.05) is 32.9 Å². The zero-order valence-electron chi connectivity index (χ0n) is 11.3. The van der Waals surface area contributed by atoms with Crippen molar-refractivity contribution >= 4 is 10.8 Å². The van der Waals surface area contributed by atoms with Crippen molar-refractivity contribution in [2.24, 2.45) is 0 Å². The molecule has 0 radical (unpaired) electrons. The molecule has 0 aliphatic rings. The van der Waals surface area contributed by atoms with Crippen LogP contribution in [0.3, 0.4) is 0 Å². The average molecular weight is 266 g/mol. The third-order valence-corrected chi connectivity index (χ3v) is 3.80. The average Bonchev–Trinajstić information content (AvgIpc) is 2.36. The molecule has 2 rings (SSSR count). The first-order valence-electron chi connectivity index (χ1n) is 6.36. The van der Waals surface area contributed by atoms with E-state index in [0.717, 1.165) is 17.4 Å². The number of hydrogen-bond acceptors (Lipinski definition) is 0. The van der Waals surface area contributed by atoms with E-state index in [9.17, 15) is 13.2 Å². The monoisotopic (exact) mass is 266 g/mol. The molecule has 0 saturated heterocycles. The number of alkyl halides is 3. The summed E-state index contributed by atoms with van der Waals surface area (Å²) in [6.07, 6.45) is -3.51. The maximum Gasteiger partial charge on any atom is 0.416 e. The van der Waals surface area contributed by atoms with Crippen LogP contribution in [-0.2, 0) is 11.6 Å². The van der Waals surface area contributed by atoms with Gasteiger partial charge in [0.1, 0.15) is 0 Å². The lowest BCUT2D eigenvalue weighted by atomic mass is 9.79. The van der Waals surface area contributed by atoms with E-state index in [4.69, 9.17) is 0 Å². The topological polar surface area (TPSA) is 0 Å². The molecule has 102 valence electrons. The summed E-state index contributed by atoms with van der Waals surface area (Å²) >= 11 is 0. The predicted octanol–water partition coefficient (Wildman–Crippen LogP) is 5.55. The van der Waals surface area contributed by atoms with Crippen LogP contribution in [0.4, 0.5) is 13.2 Å². The SMILES string of the molecule is CCC(C)(C)c1cc(C(F)(F)F)cc2ccccc12. The molecule has 0 aliphatic heterocycles. The van der Waals surface area contributed by atoms with Crippen molar-refractivity contribution in [1.29, 1.82) is 0 Å². The summed E-state index contributed by atoms with van der Waals surface area (Å²) in [7, 11) is 0.